The number of rotatable bonds is 14. The van der Waals surface area contributed by atoms with Crippen molar-refractivity contribution in [1.29, 1.82) is 0 Å². The number of hydrogen-bond donors (Lipinski definition) is 1. The fraction of sp³-hybridized carbons (Fsp3) is 0.481. The van der Waals surface area contributed by atoms with Crippen LogP contribution in [0.2, 0.25) is 10.0 Å². The van der Waals surface area contributed by atoms with E-state index in [9.17, 15) is 18.0 Å². The Morgan fingerprint density at radius 3 is 2.24 bits per heavy atom. The van der Waals surface area contributed by atoms with Crippen molar-refractivity contribution in [3.8, 4) is 5.75 Å². The van der Waals surface area contributed by atoms with Crippen LogP contribution in [0.5, 0.6) is 5.75 Å². The van der Waals surface area contributed by atoms with Gasteiger partial charge in [0.2, 0.25) is 21.8 Å². The number of anilines is 1. The van der Waals surface area contributed by atoms with Crippen LogP contribution in [0.25, 0.3) is 0 Å². The number of nitrogens with one attached hydrogen (secondary N) is 1. The van der Waals surface area contributed by atoms with E-state index in [-0.39, 0.29) is 43.8 Å². The zero-order valence-corrected chi connectivity index (χ0v) is 24.9. The van der Waals surface area contributed by atoms with E-state index < -0.39 is 16.1 Å². The summed E-state index contributed by atoms with van der Waals surface area (Å²) in [7, 11) is -3.59. The number of carbonyl (C=O) groups is 2. The van der Waals surface area contributed by atoms with E-state index in [1.807, 2.05) is 27.7 Å². The smallest absolute Gasteiger partial charge is 0.243 e. The Morgan fingerprint density at radius 2 is 1.71 bits per heavy atom. The van der Waals surface area contributed by atoms with Gasteiger partial charge in [0.25, 0.3) is 0 Å². The van der Waals surface area contributed by atoms with E-state index in [1.54, 1.807) is 42.5 Å². The van der Waals surface area contributed by atoms with E-state index in [1.165, 1.54) is 9.21 Å². The van der Waals surface area contributed by atoms with Gasteiger partial charge in [0.15, 0.2) is 0 Å². The molecule has 0 radical (unpaired) electrons. The predicted molar refractivity (Wildman–Crippen MR) is 153 cm³/mol. The van der Waals surface area contributed by atoms with Gasteiger partial charge in [-0.2, -0.15) is 0 Å². The van der Waals surface area contributed by atoms with Crippen molar-refractivity contribution in [1.82, 2.24) is 10.2 Å². The fourth-order valence-electron chi connectivity index (χ4n) is 4.01. The highest BCUT2D eigenvalue weighted by molar-refractivity contribution is 7.92. The maximum atomic E-state index is 13.5. The lowest BCUT2D eigenvalue weighted by Crippen LogP contribution is -2.50. The van der Waals surface area contributed by atoms with Crippen LogP contribution in [0.3, 0.4) is 0 Å². The van der Waals surface area contributed by atoms with Crippen molar-refractivity contribution < 1.29 is 22.7 Å². The van der Waals surface area contributed by atoms with Gasteiger partial charge in [0.1, 0.15) is 11.8 Å². The molecule has 1 N–H and O–H groups in total. The first kappa shape index (κ1) is 31.7. The highest BCUT2D eigenvalue weighted by Crippen LogP contribution is 2.25. The van der Waals surface area contributed by atoms with E-state index >= 15 is 0 Å². The zero-order chi connectivity index (χ0) is 28.5. The summed E-state index contributed by atoms with van der Waals surface area (Å²) in [6.07, 6.45) is 1.83. The summed E-state index contributed by atoms with van der Waals surface area (Å²) in [6, 6.07) is 11.0. The van der Waals surface area contributed by atoms with Crippen LogP contribution >= 0.6 is 23.2 Å². The highest BCUT2D eigenvalue weighted by atomic mass is 35.5. The van der Waals surface area contributed by atoms with E-state index in [4.69, 9.17) is 27.9 Å². The minimum absolute atomic E-state index is 0.0414. The summed E-state index contributed by atoms with van der Waals surface area (Å²) < 4.78 is 31.8. The number of sulfonamides is 1. The molecule has 0 heterocycles. The maximum absolute atomic E-state index is 13.5. The van der Waals surface area contributed by atoms with Crippen molar-refractivity contribution in [3.63, 3.8) is 0 Å². The van der Waals surface area contributed by atoms with Gasteiger partial charge in [-0.15, -0.1) is 0 Å². The SMILES string of the molecule is CCOc1ccc(N(CCCC(=O)N(Cc2ccc(Cl)cc2Cl)[C@@H](CC)C(=O)NC(C)C)S(C)(=O)=O)cc1. The first-order valence-corrected chi connectivity index (χ1v) is 15.2. The number of nitrogens with zero attached hydrogens (tertiary/aromatic N) is 2. The molecule has 210 valence electrons. The van der Waals surface area contributed by atoms with Crippen molar-refractivity contribution in [2.45, 2.75) is 65.6 Å². The minimum atomic E-state index is -3.59. The molecule has 0 aliphatic rings. The second-order valence-electron chi connectivity index (χ2n) is 9.21. The molecular weight excluding hydrogens is 549 g/mol. The van der Waals surface area contributed by atoms with Crippen LogP contribution in [0.4, 0.5) is 5.69 Å². The van der Waals surface area contributed by atoms with Crippen molar-refractivity contribution in [2.75, 3.05) is 23.7 Å². The van der Waals surface area contributed by atoms with Gasteiger partial charge in [-0.25, -0.2) is 8.42 Å². The lowest BCUT2D eigenvalue weighted by atomic mass is 10.1. The molecular formula is C27H37Cl2N3O5S. The molecule has 8 nitrogen and oxygen atoms in total. The quantitative estimate of drug-likeness (QED) is 0.326. The Bertz CT molecular complexity index is 1190. The van der Waals surface area contributed by atoms with Crippen LogP contribution in [-0.2, 0) is 26.2 Å². The van der Waals surface area contributed by atoms with Gasteiger partial charge < -0.3 is 15.0 Å². The summed E-state index contributed by atoms with van der Waals surface area (Å²) in [5.74, 6) is 0.108. The van der Waals surface area contributed by atoms with Gasteiger partial charge in [-0.3, -0.25) is 13.9 Å². The zero-order valence-electron chi connectivity index (χ0n) is 22.5. The molecule has 0 bridgehead atoms. The number of hydrogen-bond acceptors (Lipinski definition) is 5. The van der Waals surface area contributed by atoms with Crippen LogP contribution in [0.15, 0.2) is 42.5 Å². The Hall–Kier alpha value is -2.49. The van der Waals surface area contributed by atoms with Crippen molar-refractivity contribution in [3.05, 3.63) is 58.1 Å². The molecule has 0 spiro atoms. The second kappa shape index (κ2) is 14.6. The van der Waals surface area contributed by atoms with Crippen LogP contribution < -0.4 is 14.4 Å². The number of carbonyl (C=O) groups excluding carboxylic acids is 2. The van der Waals surface area contributed by atoms with Gasteiger partial charge in [-0.05, 0) is 75.6 Å². The Morgan fingerprint density at radius 1 is 1.05 bits per heavy atom. The van der Waals surface area contributed by atoms with E-state index in [0.717, 1.165) is 6.26 Å². The molecule has 38 heavy (non-hydrogen) atoms. The number of halogens is 2. The molecule has 0 aromatic heterocycles. The first-order chi connectivity index (χ1) is 17.9. The minimum Gasteiger partial charge on any atom is -0.494 e. The molecule has 0 saturated carbocycles. The Balaban J connectivity index is 2.24. The molecule has 1 atom stereocenters. The molecule has 11 heteroatoms. The highest BCUT2D eigenvalue weighted by Gasteiger charge is 2.29. The third-order valence-corrected chi connectivity index (χ3v) is 7.54. The van der Waals surface area contributed by atoms with Gasteiger partial charge in [0.05, 0.1) is 18.6 Å². The normalized spacial score (nSPS) is 12.2. The molecule has 2 aromatic rings. The van der Waals surface area contributed by atoms with Gasteiger partial charge in [0, 0.05) is 35.6 Å². The molecule has 0 aliphatic heterocycles. The monoisotopic (exact) mass is 585 g/mol. The maximum Gasteiger partial charge on any atom is 0.243 e. The third-order valence-electron chi connectivity index (χ3n) is 5.76. The lowest BCUT2D eigenvalue weighted by Gasteiger charge is -2.32. The average molecular weight is 587 g/mol. The second-order valence-corrected chi connectivity index (χ2v) is 12.0. The Labute approximate surface area is 236 Å². The van der Waals surface area contributed by atoms with Crippen molar-refractivity contribution in [2.24, 2.45) is 0 Å². The number of benzene rings is 2. The predicted octanol–water partition coefficient (Wildman–Crippen LogP) is 5.27. The summed E-state index contributed by atoms with van der Waals surface area (Å²) in [6.45, 7) is 8.14. The molecule has 0 aliphatic carbocycles. The largest absolute Gasteiger partial charge is 0.494 e. The van der Waals surface area contributed by atoms with Crippen LogP contribution in [-0.4, -0.2) is 56.6 Å². The first-order valence-electron chi connectivity index (χ1n) is 12.6. The number of ether oxygens (including phenoxy) is 1. The van der Waals surface area contributed by atoms with Gasteiger partial charge in [-0.1, -0.05) is 36.2 Å². The summed E-state index contributed by atoms with van der Waals surface area (Å²) in [4.78, 5) is 28.0. The molecule has 0 unspecified atom stereocenters. The third kappa shape index (κ3) is 9.36. The summed E-state index contributed by atoms with van der Waals surface area (Å²) in [5.41, 5.74) is 1.14. The topological polar surface area (TPSA) is 96.0 Å². The summed E-state index contributed by atoms with van der Waals surface area (Å²) in [5, 5.41) is 3.75. The Kier molecular flexibility index (Phi) is 12.2. The van der Waals surface area contributed by atoms with Gasteiger partial charge >= 0.3 is 0 Å². The molecule has 2 aromatic carbocycles. The molecule has 2 rings (SSSR count). The number of amides is 2. The molecule has 2 amide bonds. The lowest BCUT2D eigenvalue weighted by molar-refractivity contribution is -0.141. The fourth-order valence-corrected chi connectivity index (χ4v) is 5.45. The van der Waals surface area contributed by atoms with E-state index in [2.05, 4.69) is 5.32 Å². The molecule has 0 fully saturated rings. The van der Waals surface area contributed by atoms with Crippen LogP contribution in [0, 0.1) is 0 Å². The standard InChI is InChI=1S/C27H37Cl2N3O5S/c1-6-25(27(34)30-19(3)4)31(18-20-10-11-21(28)17-24(20)29)26(33)9-8-16-32(38(5,35)36)22-12-14-23(15-13-22)37-7-2/h10-15,17,19,25H,6-9,16,18H2,1-5H3,(H,30,34)/t25-/m0/s1. The molecule has 0 saturated heterocycles. The van der Waals surface area contributed by atoms with Crippen molar-refractivity contribution >= 4 is 50.7 Å². The average Bonchev–Trinajstić information content (AvgIpc) is 2.82. The summed E-state index contributed by atoms with van der Waals surface area (Å²) >= 11 is 12.4. The van der Waals surface area contributed by atoms with Crippen LogP contribution in [0.1, 0.15) is 52.5 Å². The van der Waals surface area contributed by atoms with E-state index in [0.29, 0.717) is 40.1 Å².